The zero-order chi connectivity index (χ0) is 16.5. The molecule has 2 bridgehead atoms. The number of fused-ring (bicyclic) bond motifs is 3. The number of nitrogens with zero attached hydrogens (tertiary/aromatic N) is 2. The molecule has 2 aromatic rings. The first-order chi connectivity index (χ1) is 11.7. The molecule has 2 aromatic heterocycles. The van der Waals surface area contributed by atoms with Crippen LogP contribution in [0.3, 0.4) is 0 Å². The maximum atomic E-state index is 12.6. The molecule has 1 amide bonds. The highest BCUT2D eigenvalue weighted by atomic mass is 79.9. The fourth-order valence-corrected chi connectivity index (χ4v) is 4.44. The molecule has 0 saturated carbocycles. The van der Waals surface area contributed by atoms with Gasteiger partial charge in [-0.3, -0.25) is 14.7 Å². The van der Waals surface area contributed by atoms with Crippen LogP contribution in [0.2, 0.25) is 0 Å². The molecule has 1 N–H and O–H groups in total. The molecular formula is C18H20BrN3O2. The summed E-state index contributed by atoms with van der Waals surface area (Å²) in [7, 11) is 0. The summed E-state index contributed by atoms with van der Waals surface area (Å²) in [5.41, 5.74) is 1.22. The van der Waals surface area contributed by atoms with E-state index in [0.717, 1.165) is 32.4 Å². The minimum Gasteiger partial charge on any atom is -0.458 e. The van der Waals surface area contributed by atoms with Gasteiger partial charge in [-0.25, -0.2) is 0 Å². The lowest BCUT2D eigenvalue weighted by atomic mass is 9.76. The first-order valence-electron chi connectivity index (χ1n) is 8.39. The van der Waals surface area contributed by atoms with Crippen LogP contribution in [0.5, 0.6) is 0 Å². The van der Waals surface area contributed by atoms with Gasteiger partial charge in [-0.2, -0.15) is 0 Å². The highest BCUT2D eigenvalue weighted by Gasteiger charge is 2.43. The molecule has 3 aliphatic heterocycles. The number of piperidine rings is 3. The molecule has 5 nitrogen and oxygen atoms in total. The van der Waals surface area contributed by atoms with E-state index in [1.165, 1.54) is 11.8 Å². The van der Waals surface area contributed by atoms with Crippen molar-refractivity contribution < 1.29 is 9.21 Å². The van der Waals surface area contributed by atoms with Crippen LogP contribution >= 0.6 is 15.9 Å². The third-order valence-corrected chi connectivity index (χ3v) is 5.88. The number of furan rings is 1. The van der Waals surface area contributed by atoms with E-state index >= 15 is 0 Å². The summed E-state index contributed by atoms with van der Waals surface area (Å²) in [5.74, 6) is 0.753. The topological polar surface area (TPSA) is 58.4 Å². The first kappa shape index (κ1) is 15.8. The van der Waals surface area contributed by atoms with E-state index in [1.54, 1.807) is 12.3 Å². The smallest absolute Gasteiger partial charge is 0.288 e. The van der Waals surface area contributed by atoms with E-state index in [4.69, 9.17) is 4.42 Å². The number of halogens is 1. The van der Waals surface area contributed by atoms with Crippen LogP contribution < -0.4 is 5.32 Å². The summed E-state index contributed by atoms with van der Waals surface area (Å²) >= 11 is 3.37. The van der Waals surface area contributed by atoms with Crippen LogP contribution in [0.15, 0.2) is 45.7 Å². The standard InChI is InChI=1S/C18H20BrN3O2/c19-14-5-9-24-17(14)18(23)21-16-13-3-7-22(8-4-13)15(16)10-12-2-1-6-20-11-12/h1-2,5-6,9,11,13,15-16H,3-4,7-8,10H2,(H,21,23)/t15-,16+/m0/s1. The average molecular weight is 390 g/mol. The minimum atomic E-state index is -0.137. The number of pyridine rings is 1. The van der Waals surface area contributed by atoms with Crippen LogP contribution in [0, 0.1) is 5.92 Å². The van der Waals surface area contributed by atoms with E-state index in [-0.39, 0.29) is 11.9 Å². The van der Waals surface area contributed by atoms with Gasteiger partial charge in [0.05, 0.1) is 10.7 Å². The van der Waals surface area contributed by atoms with Gasteiger partial charge in [0.25, 0.3) is 5.91 Å². The van der Waals surface area contributed by atoms with Gasteiger partial charge in [0, 0.05) is 24.5 Å². The molecule has 3 aliphatic rings. The summed E-state index contributed by atoms with van der Waals surface area (Å²) < 4.78 is 6.02. The van der Waals surface area contributed by atoms with Crippen molar-refractivity contribution in [2.24, 2.45) is 5.92 Å². The SMILES string of the molecule is O=C(N[C@@H]1C2CCN(CC2)[C@H]1Cc1cccnc1)c1occc1Br. The molecule has 5 rings (SSSR count). The summed E-state index contributed by atoms with van der Waals surface area (Å²) in [4.78, 5) is 19.3. The molecule has 5 heterocycles. The van der Waals surface area contributed by atoms with Crippen molar-refractivity contribution in [3.63, 3.8) is 0 Å². The molecule has 2 atom stereocenters. The van der Waals surface area contributed by atoms with E-state index in [2.05, 4.69) is 37.2 Å². The number of amides is 1. The second-order valence-corrected chi connectivity index (χ2v) is 7.46. The number of hydrogen-bond donors (Lipinski definition) is 1. The van der Waals surface area contributed by atoms with Crippen LogP contribution in [-0.2, 0) is 6.42 Å². The van der Waals surface area contributed by atoms with Gasteiger partial charge >= 0.3 is 0 Å². The second-order valence-electron chi connectivity index (χ2n) is 6.60. The minimum absolute atomic E-state index is 0.137. The maximum Gasteiger partial charge on any atom is 0.288 e. The molecular weight excluding hydrogens is 370 g/mol. The Bertz CT molecular complexity index is 710. The molecule has 126 valence electrons. The van der Waals surface area contributed by atoms with Crippen molar-refractivity contribution in [3.05, 3.63) is 52.7 Å². The molecule has 0 radical (unpaired) electrons. The monoisotopic (exact) mass is 389 g/mol. The Kier molecular flexibility index (Phi) is 4.41. The van der Waals surface area contributed by atoms with Gasteiger partial charge in [-0.15, -0.1) is 0 Å². The second kappa shape index (κ2) is 6.69. The number of aromatic nitrogens is 1. The predicted molar refractivity (Wildman–Crippen MR) is 93.7 cm³/mol. The van der Waals surface area contributed by atoms with E-state index < -0.39 is 0 Å². The lowest BCUT2D eigenvalue weighted by Gasteiger charge is -2.51. The van der Waals surface area contributed by atoms with Crippen molar-refractivity contribution in [1.29, 1.82) is 0 Å². The van der Waals surface area contributed by atoms with Crippen LogP contribution in [-0.4, -0.2) is 41.0 Å². The lowest BCUT2D eigenvalue weighted by molar-refractivity contribution is 0.0130. The van der Waals surface area contributed by atoms with Crippen molar-refractivity contribution in [3.8, 4) is 0 Å². The van der Waals surface area contributed by atoms with Gasteiger partial charge in [-0.05, 0) is 71.9 Å². The highest BCUT2D eigenvalue weighted by molar-refractivity contribution is 9.10. The first-order valence-corrected chi connectivity index (χ1v) is 9.18. The van der Waals surface area contributed by atoms with Gasteiger partial charge in [0.2, 0.25) is 5.76 Å². The van der Waals surface area contributed by atoms with Crippen molar-refractivity contribution in [2.75, 3.05) is 13.1 Å². The molecule has 0 aliphatic carbocycles. The number of rotatable bonds is 4. The lowest BCUT2D eigenvalue weighted by Crippen LogP contribution is -2.64. The van der Waals surface area contributed by atoms with E-state index in [9.17, 15) is 4.79 Å². The van der Waals surface area contributed by atoms with Gasteiger partial charge < -0.3 is 9.73 Å². The molecule has 6 heteroatoms. The third kappa shape index (κ3) is 3.00. The average Bonchev–Trinajstić information content (AvgIpc) is 3.05. The fraction of sp³-hybridized carbons (Fsp3) is 0.444. The summed E-state index contributed by atoms with van der Waals surface area (Å²) in [6.45, 7) is 2.23. The molecule has 0 spiro atoms. The highest BCUT2D eigenvalue weighted by Crippen LogP contribution is 2.34. The largest absolute Gasteiger partial charge is 0.458 e. The normalized spacial score (nSPS) is 28.7. The fourth-order valence-electron chi connectivity index (χ4n) is 4.05. The Hall–Kier alpha value is -1.66. The number of carbonyl (C=O) groups excluding carboxylic acids is 1. The van der Waals surface area contributed by atoms with Gasteiger partial charge in [0.1, 0.15) is 0 Å². The Morgan fingerprint density at radius 2 is 2.21 bits per heavy atom. The van der Waals surface area contributed by atoms with Crippen molar-refractivity contribution in [2.45, 2.75) is 31.3 Å². The Labute approximate surface area is 149 Å². The Balaban J connectivity index is 1.54. The third-order valence-electron chi connectivity index (χ3n) is 5.25. The number of hydrogen-bond acceptors (Lipinski definition) is 4. The molecule has 3 saturated heterocycles. The van der Waals surface area contributed by atoms with Gasteiger partial charge in [-0.1, -0.05) is 6.07 Å². The van der Waals surface area contributed by atoms with E-state index in [1.807, 2.05) is 12.3 Å². The predicted octanol–water partition coefficient (Wildman–Crippen LogP) is 2.87. The van der Waals surface area contributed by atoms with Gasteiger partial charge in [0.15, 0.2) is 0 Å². The van der Waals surface area contributed by atoms with Crippen LogP contribution in [0.1, 0.15) is 29.0 Å². The van der Waals surface area contributed by atoms with Crippen LogP contribution in [0.4, 0.5) is 0 Å². The molecule has 24 heavy (non-hydrogen) atoms. The zero-order valence-corrected chi connectivity index (χ0v) is 14.9. The van der Waals surface area contributed by atoms with Crippen molar-refractivity contribution in [1.82, 2.24) is 15.2 Å². The number of carbonyl (C=O) groups is 1. The molecule has 0 aromatic carbocycles. The summed E-state index contributed by atoms with van der Waals surface area (Å²) in [5, 5.41) is 3.24. The zero-order valence-electron chi connectivity index (χ0n) is 13.3. The maximum absolute atomic E-state index is 12.6. The quantitative estimate of drug-likeness (QED) is 0.873. The Morgan fingerprint density at radius 3 is 2.88 bits per heavy atom. The Morgan fingerprint density at radius 1 is 1.38 bits per heavy atom. The van der Waals surface area contributed by atoms with Crippen molar-refractivity contribution >= 4 is 21.8 Å². The summed E-state index contributed by atoms with van der Waals surface area (Å²) in [6, 6.07) is 6.30. The molecule has 0 unspecified atom stereocenters. The summed E-state index contributed by atoms with van der Waals surface area (Å²) in [6.07, 6.45) is 8.45. The number of nitrogens with one attached hydrogen (secondary N) is 1. The van der Waals surface area contributed by atoms with Crippen LogP contribution in [0.25, 0.3) is 0 Å². The van der Waals surface area contributed by atoms with E-state index in [0.29, 0.717) is 22.2 Å². The molecule has 3 fully saturated rings.